The minimum Gasteiger partial charge on any atom is -0.468 e. The Balaban J connectivity index is 1.58. The topological polar surface area (TPSA) is 84.8 Å². The molecular formula is C22H27N3O4. The van der Waals surface area contributed by atoms with Crippen molar-refractivity contribution in [3.8, 4) is 11.4 Å². The van der Waals surface area contributed by atoms with E-state index in [0.717, 1.165) is 11.3 Å². The molecule has 2 heterocycles. The number of benzene rings is 1. The minimum absolute atomic E-state index is 0.249. The zero-order valence-electron chi connectivity index (χ0n) is 16.7. The predicted octanol–water partition coefficient (Wildman–Crippen LogP) is 3.25. The molecule has 1 aromatic carbocycles. The van der Waals surface area contributed by atoms with Gasteiger partial charge in [-0.25, -0.2) is 0 Å². The van der Waals surface area contributed by atoms with Crippen LogP contribution >= 0.6 is 0 Å². The van der Waals surface area contributed by atoms with Crippen LogP contribution in [-0.4, -0.2) is 52.6 Å². The van der Waals surface area contributed by atoms with Crippen molar-refractivity contribution in [1.29, 1.82) is 0 Å². The summed E-state index contributed by atoms with van der Waals surface area (Å²) < 4.78 is 16.2. The van der Waals surface area contributed by atoms with Gasteiger partial charge in [0.1, 0.15) is 5.76 Å². The predicted molar refractivity (Wildman–Crippen MR) is 109 cm³/mol. The molecular weight excluding hydrogens is 370 g/mol. The highest BCUT2D eigenvalue weighted by Gasteiger charge is 2.16. The second-order valence-corrected chi connectivity index (χ2v) is 6.92. The molecule has 1 atom stereocenters. The van der Waals surface area contributed by atoms with E-state index in [1.807, 2.05) is 43.3 Å². The van der Waals surface area contributed by atoms with Crippen molar-refractivity contribution in [1.82, 2.24) is 15.0 Å². The maximum atomic E-state index is 10.3. The first kappa shape index (κ1) is 21.0. The molecule has 0 aliphatic heterocycles. The first-order valence-electron chi connectivity index (χ1n) is 9.65. The zero-order valence-corrected chi connectivity index (χ0v) is 16.7. The van der Waals surface area contributed by atoms with Crippen molar-refractivity contribution in [3.05, 3.63) is 72.5 Å². The summed E-state index contributed by atoms with van der Waals surface area (Å²) in [6.45, 7) is 7.96. The highest BCUT2D eigenvalue weighted by atomic mass is 16.5. The van der Waals surface area contributed by atoms with Gasteiger partial charge < -0.3 is 18.8 Å². The van der Waals surface area contributed by atoms with Crippen LogP contribution in [0.25, 0.3) is 11.4 Å². The van der Waals surface area contributed by atoms with Gasteiger partial charge in [0.05, 0.1) is 32.1 Å². The Labute approximate surface area is 170 Å². The SMILES string of the molecule is C=CCOCC(O)CN(CCc1nc(-c2ccc(C)cc2)no1)Cc1ccco1. The van der Waals surface area contributed by atoms with Gasteiger partial charge in [0, 0.05) is 25.1 Å². The van der Waals surface area contributed by atoms with Gasteiger partial charge in [0.15, 0.2) is 0 Å². The van der Waals surface area contributed by atoms with Gasteiger partial charge >= 0.3 is 0 Å². The molecule has 0 fully saturated rings. The van der Waals surface area contributed by atoms with Crippen molar-refractivity contribution in [2.24, 2.45) is 0 Å². The molecule has 0 saturated heterocycles. The molecule has 7 heteroatoms. The van der Waals surface area contributed by atoms with Gasteiger partial charge in [-0.05, 0) is 19.1 Å². The maximum Gasteiger partial charge on any atom is 0.228 e. The van der Waals surface area contributed by atoms with E-state index in [-0.39, 0.29) is 6.61 Å². The van der Waals surface area contributed by atoms with Gasteiger partial charge in [0.25, 0.3) is 0 Å². The van der Waals surface area contributed by atoms with E-state index in [1.165, 1.54) is 5.56 Å². The lowest BCUT2D eigenvalue weighted by Gasteiger charge is -2.23. The quantitative estimate of drug-likeness (QED) is 0.371. The third-order valence-electron chi connectivity index (χ3n) is 4.39. The summed E-state index contributed by atoms with van der Waals surface area (Å²) in [5.41, 5.74) is 2.11. The lowest BCUT2D eigenvalue weighted by atomic mass is 10.1. The van der Waals surface area contributed by atoms with E-state index in [4.69, 9.17) is 13.7 Å². The minimum atomic E-state index is -0.615. The first-order valence-corrected chi connectivity index (χ1v) is 9.65. The zero-order chi connectivity index (χ0) is 20.5. The molecule has 1 unspecified atom stereocenters. The summed E-state index contributed by atoms with van der Waals surface area (Å²) in [4.78, 5) is 6.57. The highest BCUT2D eigenvalue weighted by molar-refractivity contribution is 5.54. The normalized spacial score (nSPS) is 12.4. The average Bonchev–Trinajstić information content (AvgIpc) is 3.39. The molecule has 0 amide bonds. The number of furan rings is 1. The number of rotatable bonds is 12. The fourth-order valence-electron chi connectivity index (χ4n) is 2.93. The van der Waals surface area contributed by atoms with Crippen molar-refractivity contribution in [2.45, 2.75) is 26.0 Å². The van der Waals surface area contributed by atoms with E-state index in [9.17, 15) is 5.11 Å². The molecule has 0 spiro atoms. The van der Waals surface area contributed by atoms with Gasteiger partial charge in [-0.2, -0.15) is 4.98 Å². The number of aromatic nitrogens is 2. The number of ether oxygens (including phenoxy) is 1. The monoisotopic (exact) mass is 397 g/mol. The first-order chi connectivity index (χ1) is 14.1. The van der Waals surface area contributed by atoms with Crippen LogP contribution in [-0.2, 0) is 17.7 Å². The molecule has 0 bridgehead atoms. The van der Waals surface area contributed by atoms with Crippen LogP contribution in [0, 0.1) is 6.92 Å². The average molecular weight is 397 g/mol. The van der Waals surface area contributed by atoms with Gasteiger partial charge in [-0.1, -0.05) is 41.1 Å². The van der Waals surface area contributed by atoms with Gasteiger partial charge in [0.2, 0.25) is 11.7 Å². The number of hydrogen-bond donors (Lipinski definition) is 1. The molecule has 3 aromatic rings. The Hall–Kier alpha value is -2.74. The maximum absolute atomic E-state index is 10.3. The number of aryl methyl sites for hydroxylation is 1. The van der Waals surface area contributed by atoms with E-state index in [1.54, 1.807) is 12.3 Å². The number of nitrogens with zero attached hydrogens (tertiary/aromatic N) is 3. The standard InChI is InChI=1S/C22H27N3O4/c1-3-12-27-16-19(26)14-25(15-20-5-4-13-28-20)11-10-21-23-22(24-29-21)18-8-6-17(2)7-9-18/h3-9,13,19,26H,1,10-12,14-16H2,2H3. The van der Waals surface area contributed by atoms with Crippen LogP contribution < -0.4 is 0 Å². The van der Waals surface area contributed by atoms with Crippen LogP contribution in [0.1, 0.15) is 17.2 Å². The Morgan fingerprint density at radius 2 is 2.10 bits per heavy atom. The second kappa shape index (κ2) is 10.7. The van der Waals surface area contributed by atoms with Crippen LogP contribution in [0.4, 0.5) is 0 Å². The molecule has 1 N–H and O–H groups in total. The molecule has 154 valence electrons. The smallest absolute Gasteiger partial charge is 0.228 e. The van der Waals surface area contributed by atoms with Crippen molar-refractivity contribution >= 4 is 0 Å². The summed E-state index contributed by atoms with van der Waals surface area (Å²) in [5.74, 6) is 1.97. The third kappa shape index (κ3) is 6.67. The van der Waals surface area contributed by atoms with Crippen LogP contribution in [0.15, 0.2) is 64.3 Å². The fraction of sp³-hybridized carbons (Fsp3) is 0.364. The van der Waals surface area contributed by atoms with E-state index >= 15 is 0 Å². The molecule has 2 aromatic heterocycles. The summed E-state index contributed by atoms with van der Waals surface area (Å²) >= 11 is 0. The second-order valence-electron chi connectivity index (χ2n) is 6.92. The largest absolute Gasteiger partial charge is 0.468 e. The number of hydrogen-bond acceptors (Lipinski definition) is 7. The molecule has 0 aliphatic carbocycles. The third-order valence-corrected chi connectivity index (χ3v) is 4.39. The highest BCUT2D eigenvalue weighted by Crippen LogP contribution is 2.17. The Morgan fingerprint density at radius 3 is 2.83 bits per heavy atom. The molecule has 3 rings (SSSR count). The van der Waals surface area contributed by atoms with Crippen LogP contribution in [0.2, 0.25) is 0 Å². The molecule has 0 saturated carbocycles. The summed E-state index contributed by atoms with van der Waals surface area (Å²) in [6.07, 6.45) is 3.26. The van der Waals surface area contributed by atoms with Gasteiger partial charge in [-0.15, -0.1) is 6.58 Å². The Kier molecular flexibility index (Phi) is 7.75. The molecule has 0 aliphatic rings. The van der Waals surface area contributed by atoms with E-state index in [2.05, 4.69) is 21.6 Å². The van der Waals surface area contributed by atoms with Crippen molar-refractivity contribution in [3.63, 3.8) is 0 Å². The Morgan fingerprint density at radius 1 is 1.28 bits per heavy atom. The van der Waals surface area contributed by atoms with E-state index in [0.29, 0.717) is 44.4 Å². The number of aliphatic hydroxyl groups is 1. The number of aliphatic hydroxyl groups excluding tert-OH is 1. The fourth-order valence-corrected chi connectivity index (χ4v) is 2.93. The molecule has 29 heavy (non-hydrogen) atoms. The molecule has 7 nitrogen and oxygen atoms in total. The summed E-state index contributed by atoms with van der Waals surface area (Å²) in [5, 5.41) is 14.3. The molecule has 0 radical (unpaired) electrons. The lowest BCUT2D eigenvalue weighted by molar-refractivity contribution is 0.0232. The summed E-state index contributed by atoms with van der Waals surface area (Å²) in [6, 6.07) is 11.8. The van der Waals surface area contributed by atoms with Crippen molar-refractivity contribution in [2.75, 3.05) is 26.3 Å². The Bertz CT molecular complexity index is 859. The lowest BCUT2D eigenvalue weighted by Crippen LogP contribution is -2.36. The summed E-state index contributed by atoms with van der Waals surface area (Å²) in [7, 11) is 0. The van der Waals surface area contributed by atoms with Gasteiger partial charge in [-0.3, -0.25) is 4.90 Å². The van der Waals surface area contributed by atoms with Crippen LogP contribution in [0.5, 0.6) is 0 Å². The van der Waals surface area contributed by atoms with Crippen molar-refractivity contribution < 1.29 is 18.8 Å². The van der Waals surface area contributed by atoms with Crippen LogP contribution in [0.3, 0.4) is 0 Å². The van der Waals surface area contributed by atoms with E-state index < -0.39 is 6.10 Å².